The predicted octanol–water partition coefficient (Wildman–Crippen LogP) is 2.34. The lowest BCUT2D eigenvalue weighted by molar-refractivity contribution is 0.504. The van der Waals surface area contributed by atoms with Gasteiger partial charge in [-0.2, -0.15) is 0 Å². The molecule has 1 aliphatic carbocycles. The Hall–Kier alpha value is 0. The zero-order valence-corrected chi connectivity index (χ0v) is 4.11. The molecule has 0 radical (unpaired) electrons. The summed E-state index contributed by atoms with van der Waals surface area (Å²) >= 11 is 0. The van der Waals surface area contributed by atoms with E-state index in [2.05, 4.69) is 0 Å². The summed E-state index contributed by atoms with van der Waals surface area (Å²) in [5.74, 6) is 0. The molecule has 0 heteroatoms. The molecule has 0 spiro atoms. The number of rotatable bonds is 0. The highest BCUT2D eigenvalue weighted by molar-refractivity contribution is 4.51. The van der Waals surface area contributed by atoms with E-state index in [9.17, 15) is 0 Å². The SMILES string of the molecule is [1H]C1CCCCC1. The summed E-state index contributed by atoms with van der Waals surface area (Å²) in [6.45, 7) is 0. The van der Waals surface area contributed by atoms with Crippen molar-refractivity contribution in [3.8, 4) is 0 Å². The molecule has 1 rings (SSSR count). The second kappa shape index (κ2) is 2.22. The first-order chi connectivity index (χ1) is 3.39. The Labute approximate surface area is 41.0 Å². The van der Waals surface area contributed by atoms with Crippen LogP contribution >= 0.6 is 0 Å². The van der Waals surface area contributed by atoms with Crippen LogP contribution in [0, 0.1) is 0 Å². The van der Waals surface area contributed by atoms with Crippen LogP contribution in [0.3, 0.4) is 0 Å². The Balaban J connectivity index is 2.12. The molecule has 0 bridgehead atoms. The Kier molecular flexibility index (Phi) is 1.13. The fraction of sp³-hybridized carbons (Fsp3) is 1.00. The maximum Gasteiger partial charge on any atom is 0.0267 e. The summed E-state index contributed by atoms with van der Waals surface area (Å²) in [7, 11) is 0. The average molecular weight is 84.2 g/mol. The molecular weight excluding hydrogens is 72.1 g/mol. The van der Waals surface area contributed by atoms with Crippen LogP contribution in [0.1, 0.15) is 39.9 Å². The predicted molar refractivity (Wildman–Crippen MR) is 27.7 cm³/mol. The van der Waals surface area contributed by atoms with Crippen molar-refractivity contribution in [1.82, 2.24) is 0 Å². The van der Waals surface area contributed by atoms with Gasteiger partial charge in [-0.3, -0.25) is 0 Å². The lowest BCUT2D eigenvalue weighted by Crippen LogP contribution is -1.85. The van der Waals surface area contributed by atoms with Gasteiger partial charge in [0.2, 0.25) is 0 Å². The van der Waals surface area contributed by atoms with Crippen molar-refractivity contribution in [1.29, 1.82) is 0 Å². The maximum atomic E-state index is 7.27. The highest BCUT2D eigenvalue weighted by Gasteiger charge is 1.95. The van der Waals surface area contributed by atoms with Gasteiger partial charge in [-0.1, -0.05) is 38.5 Å². The van der Waals surface area contributed by atoms with E-state index in [0.717, 1.165) is 12.8 Å². The molecule has 36 valence electrons. The maximum absolute atomic E-state index is 7.27. The molecule has 0 nitrogen and oxygen atoms in total. The summed E-state index contributed by atoms with van der Waals surface area (Å²) in [5.41, 5.74) is 0. The van der Waals surface area contributed by atoms with E-state index in [0.29, 0.717) is 0 Å². The Morgan fingerprint density at radius 2 is 1.33 bits per heavy atom. The molecule has 0 N–H and O–H groups in total. The molecule has 0 unspecified atom stereocenters. The van der Waals surface area contributed by atoms with Crippen molar-refractivity contribution in [3.05, 3.63) is 0 Å². The molecule has 1 aliphatic rings. The minimum Gasteiger partial charge on any atom is -0.0533 e. The Bertz CT molecular complexity index is 46.1. The van der Waals surface area contributed by atoms with Gasteiger partial charge >= 0.3 is 0 Å². The third kappa shape index (κ3) is 1.00. The molecule has 0 atom stereocenters. The van der Waals surface area contributed by atoms with Gasteiger partial charge in [0.15, 0.2) is 0 Å². The fourth-order valence-electron chi connectivity index (χ4n) is 0.898. The van der Waals surface area contributed by atoms with Crippen LogP contribution in [0.5, 0.6) is 0 Å². The molecule has 0 amide bonds. The Morgan fingerprint density at radius 3 is 1.67 bits per heavy atom. The van der Waals surface area contributed by atoms with Gasteiger partial charge in [-0.05, 0) is 0 Å². The first-order valence-electron chi connectivity index (χ1n) is 3.39. The van der Waals surface area contributed by atoms with Crippen molar-refractivity contribution in [2.45, 2.75) is 38.5 Å². The van der Waals surface area contributed by atoms with E-state index in [1.165, 1.54) is 19.3 Å². The molecule has 0 aromatic heterocycles. The zero-order valence-electron chi connectivity index (χ0n) is 5.11. The van der Waals surface area contributed by atoms with Crippen LogP contribution in [0.2, 0.25) is 0 Å². The van der Waals surface area contributed by atoms with E-state index in [4.69, 9.17) is 1.37 Å². The van der Waals surface area contributed by atoms with Gasteiger partial charge < -0.3 is 0 Å². The molecule has 0 saturated heterocycles. The first-order valence-corrected chi connectivity index (χ1v) is 2.82. The summed E-state index contributed by atoms with van der Waals surface area (Å²) < 4.78 is 7.27. The first kappa shape index (κ1) is 3.06. The van der Waals surface area contributed by atoms with E-state index >= 15 is 0 Å². The smallest absolute Gasteiger partial charge is 0.0267 e. The van der Waals surface area contributed by atoms with E-state index in [1.807, 2.05) is 0 Å². The molecule has 1 fully saturated rings. The number of hydrogen-bond donors (Lipinski definition) is 0. The van der Waals surface area contributed by atoms with Crippen molar-refractivity contribution in [2.24, 2.45) is 0 Å². The van der Waals surface area contributed by atoms with Crippen LogP contribution in [-0.4, -0.2) is 0 Å². The summed E-state index contributed by atoms with van der Waals surface area (Å²) in [4.78, 5) is 0. The number of hydrogen-bond acceptors (Lipinski definition) is 0. The summed E-state index contributed by atoms with van der Waals surface area (Å²) in [5, 5.41) is 0. The van der Waals surface area contributed by atoms with Crippen molar-refractivity contribution in [2.75, 3.05) is 0 Å². The van der Waals surface area contributed by atoms with Crippen LogP contribution in [0.4, 0.5) is 0 Å². The van der Waals surface area contributed by atoms with Crippen LogP contribution < -0.4 is 0 Å². The fourth-order valence-corrected chi connectivity index (χ4v) is 0.898. The molecule has 6 heavy (non-hydrogen) atoms. The topological polar surface area (TPSA) is 0 Å². The second-order valence-corrected chi connectivity index (χ2v) is 1.93. The quantitative estimate of drug-likeness (QED) is 0.422. The van der Waals surface area contributed by atoms with E-state index in [-0.39, 0.29) is 6.40 Å². The minimum atomic E-state index is 0.286. The second-order valence-electron chi connectivity index (χ2n) is 1.93. The van der Waals surface area contributed by atoms with Crippen molar-refractivity contribution < 1.29 is 1.37 Å². The Morgan fingerprint density at radius 1 is 0.833 bits per heavy atom. The van der Waals surface area contributed by atoms with Crippen LogP contribution in [-0.2, 0) is 0 Å². The van der Waals surface area contributed by atoms with Gasteiger partial charge in [0.25, 0.3) is 0 Å². The molecule has 1 saturated carbocycles. The standard InChI is InChI=1S/C6H12/c1-2-4-6-5-3-1/h1-6H2/i1H. The highest BCUT2D eigenvalue weighted by atomic mass is 14.0. The molecule has 0 aromatic rings. The lowest BCUT2D eigenvalue weighted by atomic mass is 10.0. The summed E-state index contributed by atoms with van der Waals surface area (Å²) in [6.07, 6.45) is 6.56. The normalized spacial score (nSPS) is 29.7. The minimum absolute atomic E-state index is 0.286. The zero-order chi connectivity index (χ0) is 5.11. The third-order valence-electron chi connectivity index (χ3n) is 1.32. The van der Waals surface area contributed by atoms with Crippen molar-refractivity contribution in [3.63, 3.8) is 0 Å². The van der Waals surface area contributed by atoms with E-state index in [1.54, 1.807) is 0 Å². The van der Waals surface area contributed by atoms with Crippen molar-refractivity contribution >= 4 is 0 Å². The molecule has 0 aromatic carbocycles. The lowest BCUT2D eigenvalue weighted by Gasteiger charge is -2.05. The average Bonchev–Trinajstić information content (AvgIpc) is 1.69. The largest absolute Gasteiger partial charge is 0.0533 e. The highest BCUT2D eigenvalue weighted by Crippen LogP contribution is 2.15. The van der Waals surface area contributed by atoms with Gasteiger partial charge in [-0.25, -0.2) is 0 Å². The molecule has 0 heterocycles. The van der Waals surface area contributed by atoms with Gasteiger partial charge in [0.05, 0.1) is 0 Å². The summed E-state index contributed by atoms with van der Waals surface area (Å²) in [6, 6.07) is 0. The van der Waals surface area contributed by atoms with Crippen LogP contribution in [0.15, 0.2) is 0 Å². The third-order valence-corrected chi connectivity index (χ3v) is 1.32. The van der Waals surface area contributed by atoms with Crippen LogP contribution in [0.25, 0.3) is 0 Å². The van der Waals surface area contributed by atoms with E-state index < -0.39 is 0 Å². The van der Waals surface area contributed by atoms with Gasteiger partial charge in [0.1, 0.15) is 0 Å². The molecule has 0 aliphatic heterocycles. The van der Waals surface area contributed by atoms with Gasteiger partial charge in [-0.15, -0.1) is 0 Å². The molecular formula is C6H12. The van der Waals surface area contributed by atoms with Gasteiger partial charge in [0, 0.05) is 1.37 Å². The monoisotopic (exact) mass is 84.1 g/mol.